The van der Waals surface area contributed by atoms with Gasteiger partial charge in [0.05, 0.1) is 19.3 Å². The smallest absolute Gasteiger partial charge is 0.258 e. The molecule has 0 spiro atoms. The molecule has 1 unspecified atom stereocenters. The van der Waals surface area contributed by atoms with Gasteiger partial charge in [-0.1, -0.05) is 55.8 Å². The van der Waals surface area contributed by atoms with Crippen molar-refractivity contribution in [3.63, 3.8) is 0 Å². The van der Waals surface area contributed by atoms with Gasteiger partial charge in [-0.05, 0) is 36.1 Å². The van der Waals surface area contributed by atoms with Crippen LogP contribution in [0.2, 0.25) is 0 Å². The fourth-order valence-corrected chi connectivity index (χ4v) is 2.60. The Hall–Kier alpha value is -2.37. The first-order valence-electron chi connectivity index (χ1n) is 9.28. The number of amides is 1. The Balaban J connectivity index is 1.84. The number of benzene rings is 2. The van der Waals surface area contributed by atoms with Gasteiger partial charge in [-0.3, -0.25) is 4.79 Å². The van der Waals surface area contributed by atoms with Crippen LogP contribution in [0.15, 0.2) is 48.5 Å². The van der Waals surface area contributed by atoms with E-state index in [9.17, 15) is 4.79 Å². The second-order valence-electron chi connectivity index (χ2n) is 6.81. The van der Waals surface area contributed by atoms with Crippen LogP contribution in [0.25, 0.3) is 0 Å². The maximum Gasteiger partial charge on any atom is 0.258 e. The highest BCUT2D eigenvalue weighted by Crippen LogP contribution is 2.19. The Morgan fingerprint density at radius 2 is 1.67 bits per heavy atom. The summed E-state index contributed by atoms with van der Waals surface area (Å²) in [6, 6.07) is 15.7. The first-order valence-corrected chi connectivity index (χ1v) is 9.28. The molecule has 27 heavy (non-hydrogen) atoms. The van der Waals surface area contributed by atoms with Crippen molar-refractivity contribution in [2.75, 3.05) is 26.4 Å². The molecule has 0 aromatic heterocycles. The van der Waals surface area contributed by atoms with Gasteiger partial charge in [0.2, 0.25) is 0 Å². The van der Waals surface area contributed by atoms with E-state index in [0.717, 1.165) is 11.1 Å². The van der Waals surface area contributed by atoms with E-state index in [0.29, 0.717) is 18.2 Å². The van der Waals surface area contributed by atoms with Crippen LogP contribution in [-0.2, 0) is 9.53 Å². The maximum atomic E-state index is 12.1. The number of aryl methyl sites for hydroxylation is 1. The third-order valence-corrected chi connectivity index (χ3v) is 4.26. The molecule has 1 atom stereocenters. The van der Waals surface area contributed by atoms with Crippen LogP contribution >= 0.6 is 0 Å². The fourth-order valence-electron chi connectivity index (χ4n) is 2.60. The molecule has 0 bridgehead atoms. The Labute approximate surface area is 161 Å². The number of carbonyl (C=O) groups is 1. The zero-order valence-corrected chi connectivity index (χ0v) is 16.3. The molecule has 2 N–H and O–H groups in total. The van der Waals surface area contributed by atoms with E-state index in [1.165, 1.54) is 5.56 Å². The third kappa shape index (κ3) is 7.04. The van der Waals surface area contributed by atoms with E-state index in [-0.39, 0.29) is 31.8 Å². The molecule has 0 aliphatic carbocycles. The first-order chi connectivity index (χ1) is 13.0. The molecule has 0 saturated heterocycles. The molecule has 0 fully saturated rings. The Kier molecular flexibility index (Phi) is 8.30. The molecule has 146 valence electrons. The van der Waals surface area contributed by atoms with Crippen LogP contribution in [0.1, 0.15) is 42.6 Å². The van der Waals surface area contributed by atoms with E-state index in [2.05, 4.69) is 19.2 Å². The number of aliphatic hydroxyl groups excluding tert-OH is 1. The van der Waals surface area contributed by atoms with Crippen molar-refractivity contribution in [1.29, 1.82) is 0 Å². The van der Waals surface area contributed by atoms with Gasteiger partial charge in [-0.15, -0.1) is 0 Å². The molecule has 2 rings (SSSR count). The molecule has 2 aromatic rings. The summed E-state index contributed by atoms with van der Waals surface area (Å²) >= 11 is 0. The molecule has 1 amide bonds. The van der Waals surface area contributed by atoms with Crippen molar-refractivity contribution in [2.45, 2.75) is 32.8 Å². The second-order valence-corrected chi connectivity index (χ2v) is 6.81. The van der Waals surface area contributed by atoms with Gasteiger partial charge in [0.25, 0.3) is 5.91 Å². The topological polar surface area (TPSA) is 67.8 Å². The summed E-state index contributed by atoms with van der Waals surface area (Å²) in [6.45, 7) is 6.69. The van der Waals surface area contributed by atoms with E-state index in [1.54, 1.807) is 0 Å². The molecule has 0 saturated carbocycles. The van der Waals surface area contributed by atoms with Crippen molar-refractivity contribution in [3.05, 3.63) is 65.2 Å². The summed E-state index contributed by atoms with van der Waals surface area (Å²) in [7, 11) is 0. The minimum Gasteiger partial charge on any atom is -0.484 e. The second kappa shape index (κ2) is 10.7. The van der Waals surface area contributed by atoms with Gasteiger partial charge in [0, 0.05) is 6.54 Å². The van der Waals surface area contributed by atoms with Crippen molar-refractivity contribution in [1.82, 2.24) is 5.32 Å². The van der Waals surface area contributed by atoms with Gasteiger partial charge in [-0.2, -0.15) is 0 Å². The summed E-state index contributed by atoms with van der Waals surface area (Å²) in [5.41, 5.74) is 3.34. The lowest BCUT2D eigenvalue weighted by molar-refractivity contribution is -0.123. The van der Waals surface area contributed by atoms with Gasteiger partial charge in [0.1, 0.15) is 5.75 Å². The Bertz CT molecular complexity index is 695. The van der Waals surface area contributed by atoms with Gasteiger partial charge in [0.15, 0.2) is 6.61 Å². The number of rotatable bonds is 10. The molecule has 0 radical (unpaired) electrons. The normalized spacial score (nSPS) is 12.0. The van der Waals surface area contributed by atoms with Crippen LogP contribution in [0.3, 0.4) is 0 Å². The quantitative estimate of drug-likeness (QED) is 0.672. The zero-order chi connectivity index (χ0) is 19.6. The predicted molar refractivity (Wildman–Crippen MR) is 106 cm³/mol. The maximum absolute atomic E-state index is 12.1. The van der Waals surface area contributed by atoms with Crippen molar-refractivity contribution < 1.29 is 19.4 Å². The molecule has 0 heterocycles. The van der Waals surface area contributed by atoms with E-state index < -0.39 is 0 Å². The molecule has 2 aromatic carbocycles. The number of aliphatic hydroxyl groups is 1. The number of hydrogen-bond donors (Lipinski definition) is 2. The summed E-state index contributed by atoms with van der Waals surface area (Å²) in [6.07, 6.45) is -0.313. The highest BCUT2D eigenvalue weighted by molar-refractivity contribution is 5.77. The average molecular weight is 371 g/mol. The van der Waals surface area contributed by atoms with Crippen LogP contribution in [0.4, 0.5) is 0 Å². The third-order valence-electron chi connectivity index (χ3n) is 4.26. The lowest BCUT2D eigenvalue weighted by Crippen LogP contribution is -2.33. The number of hydrogen-bond acceptors (Lipinski definition) is 4. The number of carbonyl (C=O) groups excluding carboxylic acids is 1. The van der Waals surface area contributed by atoms with Crippen molar-refractivity contribution in [3.8, 4) is 5.75 Å². The summed E-state index contributed by atoms with van der Waals surface area (Å²) in [5, 5.41) is 11.8. The molecular weight excluding hydrogens is 342 g/mol. The lowest BCUT2D eigenvalue weighted by Gasteiger charge is -2.19. The molecular formula is C22H29NO4. The van der Waals surface area contributed by atoms with Gasteiger partial charge < -0.3 is 19.9 Å². The minimum atomic E-state index is -0.313. The summed E-state index contributed by atoms with van der Waals surface area (Å²) in [4.78, 5) is 12.1. The SMILES string of the molecule is Cc1ccc(C(CNC(=O)COc2ccc(C(C)C)cc2)OCCO)cc1. The highest BCUT2D eigenvalue weighted by atomic mass is 16.5. The Morgan fingerprint density at radius 3 is 2.26 bits per heavy atom. The largest absolute Gasteiger partial charge is 0.484 e. The van der Waals surface area contributed by atoms with Crippen LogP contribution < -0.4 is 10.1 Å². The zero-order valence-electron chi connectivity index (χ0n) is 16.3. The lowest BCUT2D eigenvalue weighted by atomic mass is 10.0. The van der Waals surface area contributed by atoms with E-state index in [4.69, 9.17) is 14.6 Å². The number of nitrogens with one attached hydrogen (secondary N) is 1. The molecule has 0 aliphatic heterocycles. The molecule has 0 aliphatic rings. The van der Waals surface area contributed by atoms with Crippen LogP contribution in [0, 0.1) is 6.92 Å². The van der Waals surface area contributed by atoms with Crippen LogP contribution in [0.5, 0.6) is 5.75 Å². The first kappa shape index (κ1) is 20.9. The summed E-state index contributed by atoms with van der Waals surface area (Å²) in [5.74, 6) is 0.911. The van der Waals surface area contributed by atoms with E-state index in [1.807, 2.05) is 55.5 Å². The monoisotopic (exact) mass is 371 g/mol. The predicted octanol–water partition coefficient (Wildman–Crippen LogP) is 3.36. The molecule has 5 heteroatoms. The standard InChI is InChI=1S/C22H29NO4/c1-16(2)18-8-10-20(11-9-18)27-15-22(25)23-14-21(26-13-12-24)19-6-4-17(3)5-7-19/h4-11,16,21,24H,12-15H2,1-3H3,(H,23,25). The van der Waals surface area contributed by atoms with Gasteiger partial charge >= 0.3 is 0 Å². The fraction of sp³-hybridized carbons (Fsp3) is 0.409. The highest BCUT2D eigenvalue weighted by Gasteiger charge is 2.14. The van der Waals surface area contributed by atoms with Crippen molar-refractivity contribution >= 4 is 5.91 Å². The van der Waals surface area contributed by atoms with Crippen molar-refractivity contribution in [2.24, 2.45) is 0 Å². The van der Waals surface area contributed by atoms with Gasteiger partial charge in [-0.25, -0.2) is 0 Å². The molecule has 5 nitrogen and oxygen atoms in total. The van der Waals surface area contributed by atoms with Crippen LogP contribution in [-0.4, -0.2) is 37.4 Å². The minimum absolute atomic E-state index is 0.0539. The van der Waals surface area contributed by atoms with E-state index >= 15 is 0 Å². The number of ether oxygens (including phenoxy) is 2. The summed E-state index contributed by atoms with van der Waals surface area (Å²) < 4.78 is 11.2. The Morgan fingerprint density at radius 1 is 1.04 bits per heavy atom. The average Bonchev–Trinajstić information content (AvgIpc) is 2.67.